The molecule has 0 saturated heterocycles. The lowest BCUT2D eigenvalue weighted by molar-refractivity contribution is -0.0277. The van der Waals surface area contributed by atoms with Crippen molar-refractivity contribution in [3.63, 3.8) is 0 Å². The van der Waals surface area contributed by atoms with Crippen LogP contribution in [0.4, 0.5) is 0 Å². The number of methoxy groups -OCH3 is 1. The van der Waals surface area contributed by atoms with Crippen LogP contribution in [0.1, 0.15) is 54.6 Å². The van der Waals surface area contributed by atoms with E-state index in [0.717, 1.165) is 24.2 Å². The minimum atomic E-state index is -2.64. The Hall–Kier alpha value is -0.770. The summed E-state index contributed by atoms with van der Waals surface area (Å²) in [4.78, 5) is 0.775. The molecule has 3 nitrogen and oxygen atoms in total. The Bertz CT molecular complexity index is 630. The Balaban J connectivity index is 0.00000420. The van der Waals surface area contributed by atoms with E-state index in [1.165, 1.54) is 12.1 Å². The lowest BCUT2D eigenvalue weighted by Gasteiger charge is -2.40. The average molecular weight is 322 g/mol. The highest BCUT2D eigenvalue weighted by molar-refractivity contribution is 5.85. The van der Waals surface area contributed by atoms with Gasteiger partial charge in [0.25, 0.3) is 0 Å². The summed E-state index contributed by atoms with van der Waals surface area (Å²) in [6.45, 7) is -4.52. The normalized spacial score (nSPS) is 25.9. The molecule has 1 saturated carbocycles. The SMILES string of the molecule is Cl.[2H]C([2H])N(C[C@@H](c1ccc(OC([2H])([2H])[2H])cc1)C1(O)CCCCC1)C([2H])([2H])[2H]. The van der Waals surface area contributed by atoms with Crippen molar-refractivity contribution in [1.29, 1.82) is 0 Å². The summed E-state index contributed by atoms with van der Waals surface area (Å²) in [6.07, 6.45) is 3.61. The summed E-state index contributed by atoms with van der Waals surface area (Å²) in [6, 6.07) is 6.16. The molecule has 120 valence electrons. The number of hydrogen-bond acceptors (Lipinski definition) is 3. The first-order valence-electron chi connectivity index (χ1n) is 11.1. The third-order valence-electron chi connectivity index (χ3n) is 4.15. The molecule has 1 aromatic rings. The molecule has 0 radical (unpaired) electrons. The molecule has 0 bridgehead atoms. The van der Waals surface area contributed by atoms with Crippen LogP contribution in [0.5, 0.6) is 5.75 Å². The predicted molar refractivity (Wildman–Crippen MR) is 89.6 cm³/mol. The van der Waals surface area contributed by atoms with Crippen LogP contribution < -0.4 is 4.74 Å². The van der Waals surface area contributed by atoms with E-state index in [0.29, 0.717) is 18.4 Å². The van der Waals surface area contributed by atoms with Gasteiger partial charge in [-0.05, 0) is 44.5 Å². The fraction of sp³-hybridized carbons (Fsp3) is 0.647. The van der Waals surface area contributed by atoms with E-state index in [9.17, 15) is 5.11 Å². The number of nitrogens with zero attached hydrogens (tertiary/aromatic N) is 1. The van der Waals surface area contributed by atoms with Crippen molar-refractivity contribution in [3.05, 3.63) is 29.8 Å². The van der Waals surface area contributed by atoms with Gasteiger partial charge in [-0.25, -0.2) is 0 Å². The molecule has 0 unspecified atom stereocenters. The molecule has 0 amide bonds. The van der Waals surface area contributed by atoms with Gasteiger partial charge in [-0.3, -0.25) is 0 Å². The van der Waals surface area contributed by atoms with E-state index in [-0.39, 0.29) is 24.7 Å². The first kappa shape index (κ1) is 9.39. The smallest absolute Gasteiger partial charge is 0.118 e. The number of hydrogen-bond donors (Lipinski definition) is 1. The van der Waals surface area contributed by atoms with E-state index in [1.807, 2.05) is 0 Å². The molecule has 0 aromatic heterocycles. The standard InChI is InChI=1S/C17H27NO2.ClH/c1-18(2)13-16(17(19)11-5-4-6-12-17)14-7-9-15(20-3)10-8-14;/h7-10,16,19H,4-6,11-13H2,1-3H3;1H/t16-;/m0./s1/i1D2,2D3,3D3;. The van der Waals surface area contributed by atoms with Gasteiger partial charge < -0.3 is 14.7 Å². The summed E-state index contributed by atoms with van der Waals surface area (Å²) in [5, 5.41) is 11.3. The molecular weight excluding hydrogens is 286 g/mol. The van der Waals surface area contributed by atoms with Gasteiger partial charge in [-0.1, -0.05) is 31.4 Å². The van der Waals surface area contributed by atoms with E-state index >= 15 is 0 Å². The monoisotopic (exact) mass is 321 g/mol. The third kappa shape index (κ3) is 4.60. The first-order valence-corrected chi connectivity index (χ1v) is 6.94. The summed E-state index contributed by atoms with van der Waals surface area (Å²) in [5.41, 5.74) is -0.527. The van der Waals surface area contributed by atoms with Crippen LogP contribution in [0.25, 0.3) is 0 Å². The molecule has 21 heavy (non-hydrogen) atoms. The topological polar surface area (TPSA) is 32.7 Å². The second kappa shape index (κ2) is 8.02. The first-order chi connectivity index (χ1) is 12.8. The summed E-state index contributed by atoms with van der Waals surface area (Å²) >= 11 is 0. The summed E-state index contributed by atoms with van der Waals surface area (Å²) in [7, 11) is -2.58. The summed E-state index contributed by atoms with van der Waals surface area (Å²) in [5.74, 6) is -0.488. The highest BCUT2D eigenvalue weighted by Crippen LogP contribution is 2.40. The quantitative estimate of drug-likeness (QED) is 0.901. The molecule has 1 aromatic carbocycles. The molecule has 1 atom stereocenters. The highest BCUT2D eigenvalue weighted by atomic mass is 35.5. The zero-order valence-electron chi connectivity index (χ0n) is 19.9. The molecule has 1 fully saturated rings. The minimum Gasteiger partial charge on any atom is -0.497 e. The van der Waals surface area contributed by atoms with E-state index in [2.05, 4.69) is 0 Å². The number of ether oxygens (including phenoxy) is 1. The summed E-state index contributed by atoms with van der Waals surface area (Å²) < 4.78 is 64.5. The third-order valence-corrected chi connectivity index (χ3v) is 4.15. The van der Waals surface area contributed by atoms with Crippen LogP contribution in [0.2, 0.25) is 0 Å². The number of benzene rings is 1. The highest BCUT2D eigenvalue weighted by Gasteiger charge is 2.38. The second-order valence-electron chi connectivity index (χ2n) is 5.54. The van der Waals surface area contributed by atoms with Gasteiger partial charge >= 0.3 is 0 Å². The fourth-order valence-electron chi connectivity index (χ4n) is 3.06. The number of likely N-dealkylation sites (N-methyl/N-ethyl adjacent to an activating group) is 1. The van der Waals surface area contributed by atoms with Crippen LogP contribution in [0.15, 0.2) is 24.3 Å². The maximum atomic E-state index is 11.3. The lowest BCUT2D eigenvalue weighted by Crippen LogP contribution is -2.42. The van der Waals surface area contributed by atoms with Crippen LogP contribution in [0, 0.1) is 0 Å². The number of aliphatic hydroxyl groups is 1. The van der Waals surface area contributed by atoms with Crippen LogP contribution >= 0.6 is 12.4 Å². The molecule has 1 aliphatic rings. The average Bonchev–Trinajstić information content (AvgIpc) is 2.54. The minimum absolute atomic E-state index is 0. The van der Waals surface area contributed by atoms with E-state index < -0.39 is 32.5 Å². The zero-order valence-corrected chi connectivity index (χ0v) is 12.7. The van der Waals surface area contributed by atoms with Crippen LogP contribution in [-0.2, 0) is 0 Å². The Morgan fingerprint density at radius 2 is 2.00 bits per heavy atom. The largest absolute Gasteiger partial charge is 0.497 e. The van der Waals surface area contributed by atoms with Gasteiger partial charge in [-0.15, -0.1) is 12.4 Å². The molecule has 0 heterocycles. The maximum Gasteiger partial charge on any atom is 0.118 e. The zero-order chi connectivity index (χ0) is 21.2. The van der Waals surface area contributed by atoms with Crippen molar-refractivity contribution in [3.8, 4) is 5.75 Å². The molecule has 0 spiro atoms. The molecule has 1 aliphatic carbocycles. The Morgan fingerprint density at radius 1 is 1.29 bits per heavy atom. The van der Waals surface area contributed by atoms with Crippen molar-refractivity contribution < 1.29 is 20.8 Å². The van der Waals surface area contributed by atoms with Crippen molar-refractivity contribution in [2.75, 3.05) is 27.6 Å². The molecule has 2 rings (SSSR count). The lowest BCUT2D eigenvalue weighted by atomic mass is 9.72. The predicted octanol–water partition coefficient (Wildman–Crippen LogP) is 3.46. The van der Waals surface area contributed by atoms with Crippen LogP contribution in [-0.4, -0.2) is 43.2 Å². The maximum absolute atomic E-state index is 11.3. The van der Waals surface area contributed by atoms with Crippen molar-refractivity contribution in [2.24, 2.45) is 0 Å². The van der Waals surface area contributed by atoms with Gasteiger partial charge in [0.15, 0.2) is 0 Å². The van der Waals surface area contributed by atoms with Gasteiger partial charge in [0.1, 0.15) is 5.75 Å². The fourth-order valence-corrected chi connectivity index (χ4v) is 3.06. The van der Waals surface area contributed by atoms with Gasteiger partial charge in [0.05, 0.1) is 16.8 Å². The second-order valence-corrected chi connectivity index (χ2v) is 5.54. The Morgan fingerprint density at radius 3 is 2.57 bits per heavy atom. The van der Waals surface area contributed by atoms with E-state index in [4.69, 9.17) is 15.7 Å². The van der Waals surface area contributed by atoms with Crippen molar-refractivity contribution >= 4 is 12.4 Å². The number of rotatable bonds is 5. The molecular formula is C17H28ClNO2. The Kier molecular flexibility index (Phi) is 3.58. The number of halogens is 1. The van der Waals surface area contributed by atoms with Gasteiger partial charge in [0, 0.05) is 19.3 Å². The van der Waals surface area contributed by atoms with Gasteiger partial charge in [0.2, 0.25) is 0 Å². The van der Waals surface area contributed by atoms with Gasteiger partial charge in [-0.2, -0.15) is 0 Å². The Labute approximate surface area is 146 Å². The molecule has 1 N–H and O–H groups in total. The van der Waals surface area contributed by atoms with Crippen molar-refractivity contribution in [2.45, 2.75) is 43.6 Å². The molecule has 4 heteroatoms. The van der Waals surface area contributed by atoms with Crippen molar-refractivity contribution in [1.82, 2.24) is 4.90 Å². The van der Waals surface area contributed by atoms with E-state index in [1.54, 1.807) is 12.1 Å². The molecule has 0 aliphatic heterocycles. The van der Waals surface area contributed by atoms with Crippen LogP contribution in [0.3, 0.4) is 0 Å².